The molecule has 0 spiro atoms. The molecule has 2 aromatic carbocycles. The van der Waals surface area contributed by atoms with Crippen molar-refractivity contribution >= 4 is 29.9 Å². The fraction of sp³-hybridized carbons (Fsp3) is 0.316. The number of aliphatic imine (C=N–C) groups is 1. The molecule has 0 atom stereocenters. The van der Waals surface area contributed by atoms with Crippen LogP contribution in [-0.4, -0.2) is 19.6 Å². The Kier molecular flexibility index (Phi) is 6.75. The smallest absolute Gasteiger partial charge is 0.191 e. The molecule has 134 valence electrons. The highest BCUT2D eigenvalue weighted by Crippen LogP contribution is 2.48. The zero-order valence-corrected chi connectivity index (χ0v) is 16.4. The van der Waals surface area contributed by atoms with Crippen molar-refractivity contribution < 1.29 is 8.78 Å². The van der Waals surface area contributed by atoms with Gasteiger partial charge in [0, 0.05) is 31.1 Å². The summed E-state index contributed by atoms with van der Waals surface area (Å²) in [6.45, 7) is 0.948. The van der Waals surface area contributed by atoms with Crippen molar-refractivity contribution in [1.82, 2.24) is 10.6 Å². The second kappa shape index (κ2) is 8.60. The summed E-state index contributed by atoms with van der Waals surface area (Å²) in [5.41, 5.74) is 1.17. The number of nitrogens with zero attached hydrogens (tertiary/aromatic N) is 1. The average molecular weight is 457 g/mol. The van der Waals surface area contributed by atoms with Crippen LogP contribution in [0.15, 0.2) is 53.5 Å². The van der Waals surface area contributed by atoms with E-state index in [2.05, 4.69) is 15.6 Å². The fourth-order valence-corrected chi connectivity index (χ4v) is 2.88. The molecule has 2 N–H and O–H groups in total. The van der Waals surface area contributed by atoms with Gasteiger partial charge in [-0.05, 0) is 30.5 Å². The van der Waals surface area contributed by atoms with Gasteiger partial charge in [-0.15, -0.1) is 24.0 Å². The quantitative estimate of drug-likeness (QED) is 0.405. The van der Waals surface area contributed by atoms with E-state index in [9.17, 15) is 8.78 Å². The molecule has 0 unspecified atom stereocenters. The topological polar surface area (TPSA) is 36.4 Å². The van der Waals surface area contributed by atoms with Crippen molar-refractivity contribution in [1.29, 1.82) is 0 Å². The average Bonchev–Trinajstić information content (AvgIpc) is 3.38. The molecule has 6 heteroatoms. The first-order valence-electron chi connectivity index (χ1n) is 8.07. The van der Waals surface area contributed by atoms with Crippen LogP contribution < -0.4 is 10.6 Å². The van der Waals surface area contributed by atoms with Gasteiger partial charge in [0.1, 0.15) is 11.6 Å². The molecule has 0 radical (unpaired) electrons. The minimum absolute atomic E-state index is 0. The molecule has 3 rings (SSSR count). The zero-order chi connectivity index (χ0) is 17.0. The molecule has 25 heavy (non-hydrogen) atoms. The number of halogens is 3. The molecule has 0 saturated heterocycles. The van der Waals surface area contributed by atoms with Gasteiger partial charge in [-0.1, -0.05) is 36.4 Å². The minimum Gasteiger partial charge on any atom is -0.356 e. The van der Waals surface area contributed by atoms with Crippen molar-refractivity contribution in [2.75, 3.05) is 13.6 Å². The van der Waals surface area contributed by atoms with Crippen molar-refractivity contribution in [3.8, 4) is 0 Å². The molecule has 0 bridgehead atoms. The van der Waals surface area contributed by atoms with E-state index in [1.807, 2.05) is 12.1 Å². The predicted molar refractivity (Wildman–Crippen MR) is 107 cm³/mol. The summed E-state index contributed by atoms with van der Waals surface area (Å²) in [6.07, 6.45) is 1.90. The Morgan fingerprint density at radius 3 is 2.24 bits per heavy atom. The first kappa shape index (κ1) is 19.6. The van der Waals surface area contributed by atoms with E-state index < -0.39 is 0 Å². The largest absolute Gasteiger partial charge is 0.356 e. The Hall–Kier alpha value is -1.70. The van der Waals surface area contributed by atoms with Crippen LogP contribution in [0.1, 0.15) is 24.0 Å². The molecule has 0 aliphatic heterocycles. The van der Waals surface area contributed by atoms with Crippen molar-refractivity contribution in [3.05, 3.63) is 71.3 Å². The Balaban J connectivity index is 0.00000225. The Morgan fingerprint density at radius 2 is 1.64 bits per heavy atom. The lowest BCUT2D eigenvalue weighted by atomic mass is 9.95. The van der Waals surface area contributed by atoms with Crippen LogP contribution in [0.2, 0.25) is 0 Å². The van der Waals surface area contributed by atoms with E-state index in [-0.39, 0.29) is 41.0 Å². The first-order chi connectivity index (χ1) is 11.6. The SMILES string of the molecule is CN=C(NCc1ccccc1F)NCC1(c2ccccc2F)CC1.I. The van der Waals surface area contributed by atoms with Gasteiger partial charge < -0.3 is 10.6 Å². The lowest BCUT2D eigenvalue weighted by Crippen LogP contribution is -2.41. The van der Waals surface area contributed by atoms with Gasteiger partial charge >= 0.3 is 0 Å². The highest BCUT2D eigenvalue weighted by atomic mass is 127. The van der Waals surface area contributed by atoms with E-state index in [0.29, 0.717) is 24.6 Å². The van der Waals surface area contributed by atoms with E-state index in [4.69, 9.17) is 0 Å². The molecule has 1 aliphatic carbocycles. The third-order valence-corrected chi connectivity index (χ3v) is 4.52. The maximum Gasteiger partial charge on any atom is 0.191 e. The monoisotopic (exact) mass is 457 g/mol. The summed E-state index contributed by atoms with van der Waals surface area (Å²) in [4.78, 5) is 4.16. The number of hydrogen-bond donors (Lipinski definition) is 2. The van der Waals surface area contributed by atoms with Crippen LogP contribution >= 0.6 is 24.0 Å². The predicted octanol–water partition coefficient (Wildman–Crippen LogP) is 3.98. The van der Waals surface area contributed by atoms with Crippen molar-refractivity contribution in [2.45, 2.75) is 24.8 Å². The summed E-state index contributed by atoms with van der Waals surface area (Å²) in [5, 5.41) is 6.34. The van der Waals surface area contributed by atoms with Gasteiger partial charge in [0.25, 0.3) is 0 Å². The van der Waals surface area contributed by atoms with Crippen LogP contribution in [0.25, 0.3) is 0 Å². The molecule has 1 saturated carbocycles. The van der Waals surface area contributed by atoms with Gasteiger partial charge in [0.2, 0.25) is 0 Å². The van der Waals surface area contributed by atoms with E-state index in [1.54, 1.807) is 31.3 Å². The number of rotatable bonds is 5. The summed E-state index contributed by atoms with van der Waals surface area (Å²) in [6, 6.07) is 13.5. The lowest BCUT2D eigenvalue weighted by Gasteiger charge is -2.19. The molecule has 0 amide bonds. The highest BCUT2D eigenvalue weighted by Gasteiger charge is 2.45. The first-order valence-corrected chi connectivity index (χ1v) is 8.07. The maximum absolute atomic E-state index is 14.0. The number of guanidine groups is 1. The summed E-state index contributed by atoms with van der Waals surface area (Å²) in [7, 11) is 1.67. The Labute approximate surface area is 164 Å². The highest BCUT2D eigenvalue weighted by molar-refractivity contribution is 14.0. The van der Waals surface area contributed by atoms with Crippen LogP contribution in [0.4, 0.5) is 8.78 Å². The van der Waals surface area contributed by atoms with E-state index >= 15 is 0 Å². The Morgan fingerprint density at radius 1 is 1.00 bits per heavy atom. The zero-order valence-electron chi connectivity index (χ0n) is 14.1. The van der Waals surface area contributed by atoms with Crippen LogP contribution in [-0.2, 0) is 12.0 Å². The fourth-order valence-electron chi connectivity index (χ4n) is 2.88. The van der Waals surface area contributed by atoms with Crippen molar-refractivity contribution in [2.24, 2.45) is 4.99 Å². The van der Waals surface area contributed by atoms with Gasteiger partial charge in [-0.25, -0.2) is 8.78 Å². The van der Waals surface area contributed by atoms with Crippen LogP contribution in [0.5, 0.6) is 0 Å². The second-order valence-electron chi connectivity index (χ2n) is 6.13. The molecular formula is C19H22F2IN3. The number of hydrogen-bond acceptors (Lipinski definition) is 1. The van der Waals surface area contributed by atoms with Gasteiger partial charge in [-0.2, -0.15) is 0 Å². The molecule has 2 aromatic rings. The van der Waals surface area contributed by atoms with Gasteiger partial charge in [0.15, 0.2) is 5.96 Å². The van der Waals surface area contributed by atoms with E-state index in [1.165, 1.54) is 12.1 Å². The van der Waals surface area contributed by atoms with Crippen LogP contribution in [0.3, 0.4) is 0 Å². The van der Waals surface area contributed by atoms with Gasteiger partial charge in [0.05, 0.1) is 0 Å². The van der Waals surface area contributed by atoms with Crippen molar-refractivity contribution in [3.63, 3.8) is 0 Å². The lowest BCUT2D eigenvalue weighted by molar-refractivity contribution is 0.559. The minimum atomic E-state index is -0.245. The summed E-state index contributed by atoms with van der Waals surface area (Å²) >= 11 is 0. The van der Waals surface area contributed by atoms with Gasteiger partial charge in [-0.3, -0.25) is 4.99 Å². The molecule has 1 fully saturated rings. The molecule has 0 heterocycles. The second-order valence-corrected chi connectivity index (χ2v) is 6.13. The van der Waals surface area contributed by atoms with Crippen LogP contribution in [0, 0.1) is 11.6 Å². The Bertz CT molecular complexity index is 745. The third-order valence-electron chi connectivity index (χ3n) is 4.52. The molecule has 0 aromatic heterocycles. The third kappa shape index (κ3) is 4.68. The maximum atomic E-state index is 14.0. The summed E-state index contributed by atoms with van der Waals surface area (Å²) < 4.78 is 27.7. The number of nitrogens with one attached hydrogen (secondary N) is 2. The number of benzene rings is 2. The normalized spacial score (nSPS) is 15.2. The molecule has 1 aliphatic rings. The molecular weight excluding hydrogens is 435 g/mol. The van der Waals surface area contributed by atoms with E-state index in [0.717, 1.165) is 18.4 Å². The summed E-state index contributed by atoms with van der Waals surface area (Å²) in [5.74, 6) is 0.178. The standard InChI is InChI=1S/C19H21F2N3.HI/c1-22-18(23-12-14-6-2-4-8-16(14)20)24-13-19(10-11-19)15-7-3-5-9-17(15)21;/h2-9H,10-13H2,1H3,(H2,22,23,24);1H. The molecule has 3 nitrogen and oxygen atoms in total.